The lowest BCUT2D eigenvalue weighted by Gasteiger charge is -2.16. The summed E-state index contributed by atoms with van der Waals surface area (Å²) in [4.78, 5) is 22.9. The third-order valence-electron chi connectivity index (χ3n) is 2.73. The molecule has 0 aliphatic rings. The molecule has 7 nitrogen and oxygen atoms in total. The number of aliphatic carboxylic acids is 1. The van der Waals surface area contributed by atoms with Crippen molar-refractivity contribution in [2.45, 2.75) is 19.9 Å². The minimum atomic E-state index is -1.09. The molecule has 0 aliphatic heterocycles. The summed E-state index contributed by atoms with van der Waals surface area (Å²) in [5.41, 5.74) is 0.00306. The molecular weight excluding hydrogens is 264 g/mol. The Kier molecular flexibility index (Phi) is 3.88. The van der Waals surface area contributed by atoms with Crippen LogP contribution in [0.15, 0.2) is 33.4 Å². The number of hydrogen-bond donors (Lipinski definition) is 2. The van der Waals surface area contributed by atoms with Gasteiger partial charge in [0, 0.05) is 6.07 Å². The van der Waals surface area contributed by atoms with Gasteiger partial charge in [-0.25, -0.2) is 4.79 Å². The Labute approximate surface area is 114 Å². The number of rotatable bonds is 5. The van der Waals surface area contributed by atoms with E-state index >= 15 is 0 Å². The van der Waals surface area contributed by atoms with Crippen LogP contribution in [0.25, 0.3) is 11.5 Å². The average molecular weight is 278 g/mol. The molecule has 0 spiro atoms. The van der Waals surface area contributed by atoms with Gasteiger partial charge in [0.15, 0.2) is 11.5 Å². The maximum Gasteiger partial charge on any atom is 0.326 e. The number of carboxylic acid groups (broad SMARTS) is 1. The summed E-state index contributed by atoms with van der Waals surface area (Å²) < 4.78 is 10.1. The summed E-state index contributed by atoms with van der Waals surface area (Å²) in [7, 11) is 0. The average Bonchev–Trinajstić information content (AvgIpc) is 3.04. The Bertz CT molecular complexity index is 600. The number of amides is 1. The topological polar surface area (TPSA) is 106 Å². The zero-order valence-electron chi connectivity index (χ0n) is 11.0. The van der Waals surface area contributed by atoms with E-state index < -0.39 is 17.9 Å². The summed E-state index contributed by atoms with van der Waals surface area (Å²) in [6.45, 7) is 3.41. The molecule has 0 bridgehead atoms. The number of hydrogen-bond acceptors (Lipinski definition) is 5. The first-order chi connectivity index (χ1) is 9.49. The molecule has 7 heteroatoms. The van der Waals surface area contributed by atoms with E-state index in [1.807, 2.05) is 0 Å². The second-order valence-corrected chi connectivity index (χ2v) is 4.59. The number of carbonyl (C=O) groups excluding carboxylic acids is 1. The molecule has 2 aromatic rings. The molecule has 106 valence electrons. The van der Waals surface area contributed by atoms with Crippen LogP contribution in [0.2, 0.25) is 0 Å². The summed E-state index contributed by atoms with van der Waals surface area (Å²) in [6.07, 6.45) is 1.47. The van der Waals surface area contributed by atoms with Crippen molar-refractivity contribution in [1.29, 1.82) is 0 Å². The summed E-state index contributed by atoms with van der Waals surface area (Å²) in [5.74, 6) is -1.20. The predicted molar refractivity (Wildman–Crippen MR) is 67.9 cm³/mol. The molecule has 20 heavy (non-hydrogen) atoms. The van der Waals surface area contributed by atoms with E-state index in [9.17, 15) is 9.59 Å². The van der Waals surface area contributed by atoms with Crippen molar-refractivity contribution in [3.63, 3.8) is 0 Å². The van der Waals surface area contributed by atoms with Crippen LogP contribution in [0.1, 0.15) is 24.3 Å². The van der Waals surface area contributed by atoms with Gasteiger partial charge >= 0.3 is 5.97 Å². The van der Waals surface area contributed by atoms with Gasteiger partial charge < -0.3 is 19.4 Å². The number of aromatic nitrogens is 1. The molecule has 0 fully saturated rings. The highest BCUT2D eigenvalue weighted by Crippen LogP contribution is 2.20. The molecule has 0 aromatic carbocycles. The smallest absolute Gasteiger partial charge is 0.326 e. The van der Waals surface area contributed by atoms with Gasteiger partial charge in [-0.15, -0.1) is 0 Å². The Balaban J connectivity index is 2.12. The normalized spacial score (nSPS) is 12.3. The lowest BCUT2D eigenvalue weighted by Crippen LogP contribution is -2.44. The third-order valence-corrected chi connectivity index (χ3v) is 2.73. The van der Waals surface area contributed by atoms with E-state index in [1.54, 1.807) is 26.0 Å². The van der Waals surface area contributed by atoms with Crippen LogP contribution >= 0.6 is 0 Å². The minimum Gasteiger partial charge on any atom is -0.480 e. The van der Waals surface area contributed by atoms with Crippen LogP contribution in [0.4, 0.5) is 0 Å². The van der Waals surface area contributed by atoms with Gasteiger partial charge in [-0.2, -0.15) is 0 Å². The van der Waals surface area contributed by atoms with Crippen molar-refractivity contribution in [2.24, 2.45) is 5.92 Å². The fraction of sp³-hybridized carbons (Fsp3) is 0.308. The first kappa shape index (κ1) is 13.9. The number of carboxylic acids is 1. The van der Waals surface area contributed by atoms with Gasteiger partial charge in [0.2, 0.25) is 5.76 Å². The predicted octanol–water partition coefficient (Wildman–Crippen LogP) is 1.77. The Morgan fingerprint density at radius 2 is 2.10 bits per heavy atom. The van der Waals surface area contributed by atoms with Crippen molar-refractivity contribution in [2.75, 3.05) is 0 Å². The maximum atomic E-state index is 11.9. The molecule has 0 unspecified atom stereocenters. The highest BCUT2D eigenvalue weighted by molar-refractivity contribution is 5.95. The highest BCUT2D eigenvalue weighted by Gasteiger charge is 2.25. The van der Waals surface area contributed by atoms with E-state index in [0.717, 1.165) is 0 Å². The molecule has 2 rings (SSSR count). The molecule has 1 amide bonds. The molecule has 2 aromatic heterocycles. The van der Waals surface area contributed by atoms with E-state index in [0.29, 0.717) is 11.5 Å². The van der Waals surface area contributed by atoms with Crippen molar-refractivity contribution < 1.29 is 23.6 Å². The lowest BCUT2D eigenvalue weighted by atomic mass is 10.0. The first-order valence-corrected chi connectivity index (χ1v) is 6.03. The molecule has 1 atom stereocenters. The second-order valence-electron chi connectivity index (χ2n) is 4.59. The molecular formula is C13H14N2O5. The molecule has 0 saturated heterocycles. The molecule has 0 aliphatic carbocycles. The summed E-state index contributed by atoms with van der Waals surface area (Å²) in [5, 5.41) is 15.0. The first-order valence-electron chi connectivity index (χ1n) is 6.03. The standard InChI is InChI=1S/C13H14N2O5/c1-7(2)11(13(17)18)14-12(16)8-6-10(20-15-8)9-4-3-5-19-9/h3-7,11H,1-2H3,(H,14,16)(H,17,18)/t11-/m1/s1. The van der Waals surface area contributed by atoms with Gasteiger partial charge in [-0.3, -0.25) is 4.79 Å². The number of furan rings is 1. The SMILES string of the molecule is CC(C)[C@@H](NC(=O)c1cc(-c2ccco2)on1)C(=O)O. The van der Waals surface area contributed by atoms with Crippen molar-refractivity contribution in [3.8, 4) is 11.5 Å². The van der Waals surface area contributed by atoms with E-state index in [4.69, 9.17) is 14.0 Å². The maximum absolute atomic E-state index is 11.9. The van der Waals surface area contributed by atoms with Crippen LogP contribution < -0.4 is 5.32 Å². The third kappa shape index (κ3) is 2.87. The minimum absolute atomic E-state index is 0.00306. The molecule has 0 radical (unpaired) electrons. The van der Waals surface area contributed by atoms with Gasteiger partial charge in [0.1, 0.15) is 6.04 Å². The number of nitrogens with one attached hydrogen (secondary N) is 1. The Morgan fingerprint density at radius 3 is 2.65 bits per heavy atom. The van der Waals surface area contributed by atoms with Crippen molar-refractivity contribution in [3.05, 3.63) is 30.2 Å². The lowest BCUT2D eigenvalue weighted by molar-refractivity contribution is -0.140. The van der Waals surface area contributed by atoms with Gasteiger partial charge in [-0.1, -0.05) is 19.0 Å². The van der Waals surface area contributed by atoms with Gasteiger partial charge in [0.25, 0.3) is 5.91 Å². The highest BCUT2D eigenvalue weighted by atomic mass is 16.5. The second kappa shape index (κ2) is 5.60. The van der Waals surface area contributed by atoms with Crippen LogP contribution in [-0.2, 0) is 4.79 Å². The zero-order chi connectivity index (χ0) is 14.7. The van der Waals surface area contributed by atoms with Crippen LogP contribution in [0.3, 0.4) is 0 Å². The Hall–Kier alpha value is -2.57. The Morgan fingerprint density at radius 1 is 1.35 bits per heavy atom. The van der Waals surface area contributed by atoms with Gasteiger partial charge in [-0.05, 0) is 18.1 Å². The largest absolute Gasteiger partial charge is 0.480 e. The van der Waals surface area contributed by atoms with Crippen molar-refractivity contribution >= 4 is 11.9 Å². The number of carbonyl (C=O) groups is 2. The molecule has 0 saturated carbocycles. The number of nitrogens with zero attached hydrogens (tertiary/aromatic N) is 1. The monoisotopic (exact) mass is 278 g/mol. The van der Waals surface area contributed by atoms with E-state index in [-0.39, 0.29) is 11.6 Å². The molecule has 2 N–H and O–H groups in total. The quantitative estimate of drug-likeness (QED) is 0.863. The van der Waals surface area contributed by atoms with Crippen LogP contribution in [0.5, 0.6) is 0 Å². The van der Waals surface area contributed by atoms with Crippen molar-refractivity contribution in [1.82, 2.24) is 10.5 Å². The van der Waals surface area contributed by atoms with Gasteiger partial charge in [0.05, 0.1) is 6.26 Å². The van der Waals surface area contributed by atoms with Crippen LogP contribution in [0, 0.1) is 5.92 Å². The fourth-order valence-electron chi connectivity index (χ4n) is 1.65. The van der Waals surface area contributed by atoms with Crippen LogP contribution in [-0.4, -0.2) is 28.2 Å². The summed E-state index contributed by atoms with van der Waals surface area (Å²) >= 11 is 0. The zero-order valence-corrected chi connectivity index (χ0v) is 11.0. The van der Waals surface area contributed by atoms with E-state index in [1.165, 1.54) is 12.3 Å². The summed E-state index contributed by atoms with van der Waals surface area (Å²) in [6, 6.07) is 3.76. The molecule has 2 heterocycles. The fourth-order valence-corrected chi connectivity index (χ4v) is 1.65. The van der Waals surface area contributed by atoms with E-state index in [2.05, 4.69) is 10.5 Å².